The molecule has 0 bridgehead atoms. The zero-order valence-electron chi connectivity index (χ0n) is 10.3. The Morgan fingerprint density at radius 3 is 2.83 bits per heavy atom. The van der Waals surface area contributed by atoms with Crippen molar-refractivity contribution in [3.05, 3.63) is 34.2 Å². The van der Waals surface area contributed by atoms with Crippen molar-refractivity contribution in [2.45, 2.75) is 13.0 Å². The van der Waals surface area contributed by atoms with Gasteiger partial charge >= 0.3 is 5.97 Å². The van der Waals surface area contributed by atoms with Crippen molar-refractivity contribution in [3.8, 4) is 0 Å². The van der Waals surface area contributed by atoms with Gasteiger partial charge in [0, 0.05) is 33.1 Å². The Labute approximate surface area is 105 Å². The van der Waals surface area contributed by atoms with Crippen LogP contribution in [0.2, 0.25) is 0 Å². The molecule has 0 unspecified atom stereocenters. The molecule has 1 heterocycles. The fraction of sp³-hybridized carbons (Fsp3) is 0.500. The van der Waals surface area contributed by atoms with Crippen molar-refractivity contribution >= 4 is 5.97 Å². The van der Waals surface area contributed by atoms with Gasteiger partial charge < -0.3 is 19.1 Å². The molecule has 6 heteroatoms. The lowest BCUT2D eigenvalue weighted by Gasteiger charge is -2.07. The first-order chi connectivity index (χ1) is 8.66. The van der Waals surface area contributed by atoms with Crippen LogP contribution in [-0.2, 0) is 16.0 Å². The van der Waals surface area contributed by atoms with Crippen LogP contribution in [0.15, 0.2) is 23.1 Å². The highest BCUT2D eigenvalue weighted by Gasteiger charge is 2.09. The van der Waals surface area contributed by atoms with E-state index in [1.54, 1.807) is 13.3 Å². The van der Waals surface area contributed by atoms with Crippen LogP contribution in [0, 0.1) is 0 Å². The Bertz CT molecular complexity index is 440. The minimum Gasteiger partial charge on any atom is -0.477 e. The highest BCUT2D eigenvalue weighted by atomic mass is 16.5. The van der Waals surface area contributed by atoms with Crippen molar-refractivity contribution in [3.63, 3.8) is 0 Å². The number of hydrogen-bond donors (Lipinski definition) is 1. The van der Waals surface area contributed by atoms with Gasteiger partial charge in [0.15, 0.2) is 0 Å². The molecule has 0 spiro atoms. The zero-order chi connectivity index (χ0) is 13.4. The maximum Gasteiger partial charge on any atom is 0.341 e. The zero-order valence-corrected chi connectivity index (χ0v) is 10.3. The van der Waals surface area contributed by atoms with E-state index in [0.717, 1.165) is 6.42 Å². The molecule has 0 aliphatic carbocycles. The summed E-state index contributed by atoms with van der Waals surface area (Å²) >= 11 is 0. The van der Waals surface area contributed by atoms with Crippen molar-refractivity contribution < 1.29 is 19.4 Å². The molecule has 0 aromatic carbocycles. The number of carbonyl (C=O) groups is 1. The average molecular weight is 255 g/mol. The minimum absolute atomic E-state index is 0.225. The van der Waals surface area contributed by atoms with Gasteiger partial charge in [0.1, 0.15) is 5.56 Å². The molecule has 0 aliphatic heterocycles. The average Bonchev–Trinajstić information content (AvgIpc) is 2.35. The second-order valence-corrected chi connectivity index (χ2v) is 3.68. The van der Waals surface area contributed by atoms with E-state index < -0.39 is 11.5 Å². The van der Waals surface area contributed by atoms with Crippen LogP contribution in [0.3, 0.4) is 0 Å². The number of hydrogen-bond acceptors (Lipinski definition) is 4. The fourth-order valence-electron chi connectivity index (χ4n) is 1.45. The summed E-state index contributed by atoms with van der Waals surface area (Å²) in [5, 5.41) is 8.80. The number of ether oxygens (including phenoxy) is 2. The van der Waals surface area contributed by atoms with E-state index in [4.69, 9.17) is 14.6 Å². The molecule has 0 amide bonds. The highest BCUT2D eigenvalue weighted by Crippen LogP contribution is 1.93. The first kappa shape index (κ1) is 14.4. The molecule has 1 aromatic rings. The van der Waals surface area contributed by atoms with Gasteiger partial charge in [-0.05, 0) is 18.6 Å². The van der Waals surface area contributed by atoms with E-state index in [1.807, 2.05) is 0 Å². The Balaban J connectivity index is 2.46. The third kappa shape index (κ3) is 4.31. The topological polar surface area (TPSA) is 77.8 Å². The number of carboxylic acid groups (broad SMARTS) is 1. The maximum absolute atomic E-state index is 11.7. The Hall–Kier alpha value is -1.66. The predicted molar refractivity (Wildman–Crippen MR) is 65.0 cm³/mol. The molecule has 0 saturated carbocycles. The number of pyridine rings is 1. The van der Waals surface area contributed by atoms with E-state index in [2.05, 4.69) is 0 Å². The van der Waals surface area contributed by atoms with Gasteiger partial charge in [-0.1, -0.05) is 0 Å². The number of rotatable bonds is 8. The van der Waals surface area contributed by atoms with Gasteiger partial charge in [-0.25, -0.2) is 4.79 Å². The van der Waals surface area contributed by atoms with E-state index in [1.165, 1.54) is 16.7 Å². The molecule has 0 fully saturated rings. The summed E-state index contributed by atoms with van der Waals surface area (Å²) in [4.78, 5) is 22.4. The smallest absolute Gasteiger partial charge is 0.341 e. The lowest BCUT2D eigenvalue weighted by Crippen LogP contribution is -2.27. The molecule has 6 nitrogen and oxygen atoms in total. The van der Waals surface area contributed by atoms with Gasteiger partial charge in [-0.15, -0.1) is 0 Å². The first-order valence-electron chi connectivity index (χ1n) is 5.66. The molecule has 1 aromatic heterocycles. The third-order valence-electron chi connectivity index (χ3n) is 2.36. The van der Waals surface area contributed by atoms with Crippen LogP contribution in [0.25, 0.3) is 0 Å². The van der Waals surface area contributed by atoms with Crippen molar-refractivity contribution in [2.75, 3.05) is 26.9 Å². The van der Waals surface area contributed by atoms with Crippen LogP contribution in [0.5, 0.6) is 0 Å². The second kappa shape index (κ2) is 7.62. The number of aromatic carboxylic acids is 1. The summed E-state index contributed by atoms with van der Waals surface area (Å²) in [7, 11) is 1.62. The number of nitrogens with zero attached hydrogens (tertiary/aromatic N) is 1. The molecule has 0 aliphatic rings. The minimum atomic E-state index is -1.21. The molecule has 100 valence electrons. The van der Waals surface area contributed by atoms with Crippen LogP contribution in [0.1, 0.15) is 16.8 Å². The molecular formula is C12H17NO5. The molecule has 0 saturated heterocycles. The number of carboxylic acids is 1. The first-order valence-corrected chi connectivity index (χ1v) is 5.66. The molecule has 1 rings (SSSR count). The largest absolute Gasteiger partial charge is 0.477 e. The van der Waals surface area contributed by atoms with Gasteiger partial charge in [0.05, 0.1) is 6.61 Å². The van der Waals surface area contributed by atoms with Gasteiger partial charge in [0.2, 0.25) is 0 Å². The maximum atomic E-state index is 11.7. The van der Waals surface area contributed by atoms with Crippen LogP contribution < -0.4 is 5.56 Å². The molecule has 0 radical (unpaired) electrons. The second-order valence-electron chi connectivity index (χ2n) is 3.68. The van der Waals surface area contributed by atoms with Crippen LogP contribution in [0.4, 0.5) is 0 Å². The number of methoxy groups -OCH3 is 1. The molecule has 18 heavy (non-hydrogen) atoms. The molecule has 1 N–H and O–H groups in total. The van der Waals surface area contributed by atoms with Gasteiger partial charge in [-0.2, -0.15) is 0 Å². The van der Waals surface area contributed by atoms with E-state index >= 15 is 0 Å². The summed E-state index contributed by atoms with van der Waals surface area (Å²) in [5.74, 6) is -1.21. The van der Waals surface area contributed by atoms with Crippen LogP contribution >= 0.6 is 0 Å². The Morgan fingerprint density at radius 1 is 1.39 bits per heavy atom. The highest BCUT2D eigenvalue weighted by molar-refractivity contribution is 5.86. The summed E-state index contributed by atoms with van der Waals surface area (Å²) < 4.78 is 11.5. The van der Waals surface area contributed by atoms with E-state index in [0.29, 0.717) is 26.4 Å². The predicted octanol–water partition coefficient (Wildman–Crippen LogP) is 0.600. The van der Waals surface area contributed by atoms with E-state index in [9.17, 15) is 9.59 Å². The Morgan fingerprint density at radius 2 is 2.17 bits per heavy atom. The Kier molecular flexibility index (Phi) is 6.10. The van der Waals surface area contributed by atoms with Crippen molar-refractivity contribution in [2.24, 2.45) is 0 Å². The molecule has 0 atom stereocenters. The summed E-state index contributed by atoms with van der Waals surface area (Å²) in [6.07, 6.45) is 2.34. The quantitative estimate of drug-likeness (QED) is 0.688. The summed E-state index contributed by atoms with van der Waals surface area (Å²) in [5.41, 5.74) is -0.734. The fourth-order valence-corrected chi connectivity index (χ4v) is 1.45. The standard InChI is InChI=1S/C12H17NO5/c1-17-7-3-8-18-9-6-13-5-2-4-10(11(13)14)12(15)16/h2,4-5H,3,6-9H2,1H3,(H,15,16). The summed E-state index contributed by atoms with van der Waals surface area (Å²) in [6, 6.07) is 2.83. The van der Waals surface area contributed by atoms with Crippen molar-refractivity contribution in [1.82, 2.24) is 4.57 Å². The lowest BCUT2D eigenvalue weighted by atomic mass is 10.3. The lowest BCUT2D eigenvalue weighted by molar-refractivity contribution is 0.0692. The SMILES string of the molecule is COCCCOCCn1cccc(C(=O)O)c1=O. The monoisotopic (exact) mass is 255 g/mol. The van der Waals surface area contributed by atoms with Gasteiger partial charge in [-0.3, -0.25) is 4.79 Å². The molecular weight excluding hydrogens is 238 g/mol. The van der Waals surface area contributed by atoms with Crippen molar-refractivity contribution in [1.29, 1.82) is 0 Å². The van der Waals surface area contributed by atoms with E-state index in [-0.39, 0.29) is 5.56 Å². The third-order valence-corrected chi connectivity index (χ3v) is 2.36. The summed E-state index contributed by atoms with van der Waals surface area (Å²) in [6.45, 7) is 1.90. The normalized spacial score (nSPS) is 10.5. The number of aromatic nitrogens is 1. The van der Waals surface area contributed by atoms with Gasteiger partial charge in [0.25, 0.3) is 5.56 Å². The van der Waals surface area contributed by atoms with Crippen LogP contribution in [-0.4, -0.2) is 42.6 Å².